The van der Waals surface area contributed by atoms with Crippen molar-refractivity contribution in [1.29, 1.82) is 5.26 Å². The summed E-state index contributed by atoms with van der Waals surface area (Å²) in [7, 11) is 0. The summed E-state index contributed by atoms with van der Waals surface area (Å²) < 4.78 is 5.19. The van der Waals surface area contributed by atoms with Gasteiger partial charge in [-0.05, 0) is 35.7 Å². The van der Waals surface area contributed by atoms with Crippen molar-refractivity contribution in [2.45, 2.75) is 6.54 Å². The lowest BCUT2D eigenvalue weighted by Gasteiger charge is -2.02. The van der Waals surface area contributed by atoms with E-state index in [1.165, 1.54) is 0 Å². The molecule has 0 spiro atoms. The molecule has 5 nitrogen and oxygen atoms in total. The van der Waals surface area contributed by atoms with Gasteiger partial charge in [-0.15, -0.1) is 11.3 Å². The number of benzene rings is 1. The molecule has 1 aromatic carbocycles. The molecule has 0 atom stereocenters. The van der Waals surface area contributed by atoms with Gasteiger partial charge >= 0.3 is 0 Å². The van der Waals surface area contributed by atoms with Crippen LogP contribution in [0.3, 0.4) is 0 Å². The largest absolute Gasteiger partial charge is 0.376 e. The van der Waals surface area contributed by atoms with Crippen LogP contribution < -0.4 is 5.32 Å². The van der Waals surface area contributed by atoms with Gasteiger partial charge in [-0.2, -0.15) is 10.2 Å². The molecule has 1 N–H and O–H groups in total. The van der Waals surface area contributed by atoms with Gasteiger partial charge in [0.1, 0.15) is 0 Å². The Morgan fingerprint density at radius 2 is 2.10 bits per heavy atom. The van der Waals surface area contributed by atoms with E-state index >= 15 is 0 Å². The van der Waals surface area contributed by atoms with Gasteiger partial charge in [0.2, 0.25) is 11.7 Å². The Hall–Kier alpha value is -2.65. The molecule has 3 aromatic rings. The number of rotatable bonds is 4. The van der Waals surface area contributed by atoms with Gasteiger partial charge in [0, 0.05) is 5.69 Å². The summed E-state index contributed by atoms with van der Waals surface area (Å²) in [4.78, 5) is 5.30. The predicted molar refractivity (Wildman–Crippen MR) is 76.1 cm³/mol. The number of hydrogen-bond donors (Lipinski definition) is 1. The normalized spacial score (nSPS) is 10.2. The van der Waals surface area contributed by atoms with Crippen molar-refractivity contribution in [3.05, 3.63) is 53.2 Å². The maximum absolute atomic E-state index is 8.73. The minimum atomic E-state index is 0.449. The second kappa shape index (κ2) is 5.55. The maximum Gasteiger partial charge on any atom is 0.246 e. The van der Waals surface area contributed by atoms with Crippen LogP contribution in [0.2, 0.25) is 0 Å². The van der Waals surface area contributed by atoms with E-state index < -0.39 is 0 Å². The van der Waals surface area contributed by atoms with E-state index in [-0.39, 0.29) is 0 Å². The number of nitrogens with one attached hydrogen (secondary N) is 1. The van der Waals surface area contributed by atoms with Crippen LogP contribution in [0.25, 0.3) is 10.7 Å². The van der Waals surface area contributed by atoms with Crippen LogP contribution in [-0.2, 0) is 6.54 Å². The van der Waals surface area contributed by atoms with Crippen molar-refractivity contribution in [3.8, 4) is 16.8 Å². The third kappa shape index (κ3) is 2.68. The number of thiophene rings is 1. The zero-order valence-electron chi connectivity index (χ0n) is 10.4. The monoisotopic (exact) mass is 282 g/mol. The highest BCUT2D eigenvalue weighted by Gasteiger charge is 2.08. The molecular weight excluding hydrogens is 272 g/mol. The summed E-state index contributed by atoms with van der Waals surface area (Å²) in [5.74, 6) is 1.13. The molecule has 0 radical (unpaired) electrons. The first-order valence-electron chi connectivity index (χ1n) is 5.95. The molecule has 2 aromatic heterocycles. The summed E-state index contributed by atoms with van der Waals surface area (Å²) in [5.41, 5.74) is 1.54. The third-order valence-electron chi connectivity index (χ3n) is 2.67. The second-order valence-corrected chi connectivity index (χ2v) is 4.98. The molecule has 0 saturated carbocycles. The Bertz CT molecular complexity index is 725. The summed E-state index contributed by atoms with van der Waals surface area (Å²) in [6, 6.07) is 13.2. The summed E-state index contributed by atoms with van der Waals surface area (Å²) in [5, 5.41) is 17.8. The summed E-state index contributed by atoms with van der Waals surface area (Å²) in [6.45, 7) is 0.449. The molecule has 3 rings (SSSR count). The van der Waals surface area contributed by atoms with Crippen molar-refractivity contribution >= 4 is 17.0 Å². The van der Waals surface area contributed by atoms with Crippen LogP contribution in [0.1, 0.15) is 11.5 Å². The van der Waals surface area contributed by atoms with Gasteiger partial charge in [-0.1, -0.05) is 11.2 Å². The molecule has 0 aliphatic carbocycles. The zero-order valence-corrected chi connectivity index (χ0v) is 11.2. The van der Waals surface area contributed by atoms with Crippen LogP contribution >= 0.6 is 11.3 Å². The zero-order chi connectivity index (χ0) is 13.8. The lowest BCUT2D eigenvalue weighted by molar-refractivity contribution is 0.384. The Kier molecular flexibility index (Phi) is 3.44. The lowest BCUT2D eigenvalue weighted by Crippen LogP contribution is -1.99. The molecule has 20 heavy (non-hydrogen) atoms. The molecule has 2 heterocycles. The Morgan fingerprint density at radius 1 is 1.25 bits per heavy atom. The highest BCUT2D eigenvalue weighted by molar-refractivity contribution is 7.13. The number of anilines is 1. The van der Waals surface area contributed by atoms with Crippen molar-refractivity contribution < 1.29 is 4.52 Å². The van der Waals surface area contributed by atoms with Gasteiger partial charge in [-0.3, -0.25) is 0 Å². The molecule has 0 fully saturated rings. The van der Waals surface area contributed by atoms with Gasteiger partial charge < -0.3 is 9.84 Å². The van der Waals surface area contributed by atoms with Gasteiger partial charge in [0.15, 0.2) is 0 Å². The minimum absolute atomic E-state index is 0.449. The van der Waals surface area contributed by atoms with E-state index in [0.29, 0.717) is 23.8 Å². The van der Waals surface area contributed by atoms with Crippen LogP contribution in [0.15, 0.2) is 46.3 Å². The molecule has 0 aliphatic heterocycles. The smallest absolute Gasteiger partial charge is 0.246 e. The molecular formula is C14H10N4OS. The molecule has 98 valence electrons. The van der Waals surface area contributed by atoms with Gasteiger partial charge in [0.25, 0.3) is 0 Å². The molecule has 0 aliphatic rings. The Morgan fingerprint density at radius 3 is 2.80 bits per heavy atom. The van der Waals surface area contributed by atoms with Crippen molar-refractivity contribution in [2.75, 3.05) is 5.32 Å². The average Bonchev–Trinajstić information content (AvgIpc) is 3.16. The first-order chi connectivity index (χ1) is 9.85. The third-order valence-corrected chi connectivity index (χ3v) is 3.53. The molecule has 6 heteroatoms. The van der Waals surface area contributed by atoms with Crippen molar-refractivity contribution in [2.24, 2.45) is 0 Å². The molecule has 0 amide bonds. The van der Waals surface area contributed by atoms with Crippen LogP contribution in [0.4, 0.5) is 5.69 Å². The Labute approximate surface area is 119 Å². The fourth-order valence-electron chi connectivity index (χ4n) is 1.67. The minimum Gasteiger partial charge on any atom is -0.376 e. The maximum atomic E-state index is 8.73. The van der Waals surface area contributed by atoms with Gasteiger partial charge in [0.05, 0.1) is 23.1 Å². The summed E-state index contributed by atoms with van der Waals surface area (Å²) >= 11 is 1.57. The van der Waals surface area contributed by atoms with E-state index in [1.54, 1.807) is 23.5 Å². The van der Waals surface area contributed by atoms with E-state index in [0.717, 1.165) is 10.6 Å². The van der Waals surface area contributed by atoms with Crippen molar-refractivity contribution in [1.82, 2.24) is 10.1 Å². The van der Waals surface area contributed by atoms with E-state index in [4.69, 9.17) is 9.78 Å². The number of nitrogens with zero attached hydrogens (tertiary/aromatic N) is 3. The topological polar surface area (TPSA) is 74.7 Å². The highest BCUT2D eigenvalue weighted by Crippen LogP contribution is 2.21. The summed E-state index contributed by atoms with van der Waals surface area (Å²) in [6.07, 6.45) is 0. The fraction of sp³-hybridized carbons (Fsp3) is 0.0714. The SMILES string of the molecule is N#Cc1ccc(NCc2nc(-c3cccs3)no2)cc1. The van der Waals surface area contributed by atoms with Gasteiger partial charge in [-0.25, -0.2) is 0 Å². The predicted octanol–water partition coefficient (Wildman–Crippen LogP) is 3.28. The molecule has 0 bridgehead atoms. The quantitative estimate of drug-likeness (QED) is 0.794. The van der Waals surface area contributed by atoms with E-state index in [9.17, 15) is 0 Å². The van der Waals surface area contributed by atoms with Crippen molar-refractivity contribution in [3.63, 3.8) is 0 Å². The van der Waals surface area contributed by atoms with E-state index in [2.05, 4.69) is 21.5 Å². The van der Waals surface area contributed by atoms with Crippen LogP contribution in [0.5, 0.6) is 0 Å². The number of nitriles is 1. The highest BCUT2D eigenvalue weighted by atomic mass is 32.1. The Balaban J connectivity index is 1.65. The number of aromatic nitrogens is 2. The van der Waals surface area contributed by atoms with E-state index in [1.807, 2.05) is 29.6 Å². The first kappa shape index (κ1) is 12.4. The molecule has 0 unspecified atom stereocenters. The average molecular weight is 282 g/mol. The lowest BCUT2D eigenvalue weighted by atomic mass is 10.2. The second-order valence-electron chi connectivity index (χ2n) is 4.03. The fourth-order valence-corrected chi connectivity index (χ4v) is 2.32. The molecule has 0 saturated heterocycles. The number of hydrogen-bond acceptors (Lipinski definition) is 6. The van der Waals surface area contributed by atoms with Crippen LogP contribution in [-0.4, -0.2) is 10.1 Å². The standard InChI is InChI=1S/C14H10N4OS/c15-8-10-3-5-11(6-4-10)16-9-13-17-14(18-19-13)12-2-1-7-20-12/h1-7,16H,9H2. The first-order valence-corrected chi connectivity index (χ1v) is 6.83. The van der Waals surface area contributed by atoms with Crippen LogP contribution in [0, 0.1) is 11.3 Å².